The molecule has 0 saturated heterocycles. The van der Waals surface area contributed by atoms with Gasteiger partial charge in [-0.3, -0.25) is 0 Å². The molecule has 1 heterocycles. The van der Waals surface area contributed by atoms with E-state index in [0.717, 1.165) is 19.3 Å². The Labute approximate surface area is 88.5 Å². The Hall–Kier alpha value is -0.470. The van der Waals surface area contributed by atoms with E-state index in [9.17, 15) is 5.11 Å². The van der Waals surface area contributed by atoms with E-state index < -0.39 is 5.60 Å². The molecule has 0 atom stereocenters. The third-order valence-corrected chi connectivity index (χ3v) is 4.37. The van der Waals surface area contributed by atoms with Gasteiger partial charge in [0.15, 0.2) is 0 Å². The number of aliphatic hydroxyl groups is 1. The van der Waals surface area contributed by atoms with E-state index in [1.807, 2.05) is 11.8 Å². The molecular formula is C12H14OS. The minimum Gasteiger partial charge on any atom is -0.385 e. The molecule has 1 aliphatic heterocycles. The van der Waals surface area contributed by atoms with Gasteiger partial charge < -0.3 is 5.11 Å². The van der Waals surface area contributed by atoms with Gasteiger partial charge in [-0.2, -0.15) is 0 Å². The van der Waals surface area contributed by atoms with Gasteiger partial charge in [0, 0.05) is 4.90 Å². The van der Waals surface area contributed by atoms with E-state index in [1.54, 1.807) is 0 Å². The fourth-order valence-electron chi connectivity index (χ4n) is 2.21. The van der Waals surface area contributed by atoms with Gasteiger partial charge in [0.1, 0.15) is 0 Å². The van der Waals surface area contributed by atoms with Crippen LogP contribution in [0.2, 0.25) is 0 Å². The monoisotopic (exact) mass is 206 g/mol. The van der Waals surface area contributed by atoms with Crippen LogP contribution in [0.25, 0.3) is 0 Å². The van der Waals surface area contributed by atoms with Gasteiger partial charge in [0.2, 0.25) is 0 Å². The Kier molecular flexibility index (Phi) is 1.89. The SMILES string of the molecule is OC1(c2cccc3c2CCCS3)CC1. The quantitative estimate of drug-likeness (QED) is 0.762. The lowest BCUT2D eigenvalue weighted by Crippen LogP contribution is -2.11. The fourth-order valence-corrected chi connectivity index (χ4v) is 3.28. The Morgan fingerprint density at radius 2 is 2.14 bits per heavy atom. The van der Waals surface area contributed by atoms with E-state index in [-0.39, 0.29) is 0 Å². The number of rotatable bonds is 1. The van der Waals surface area contributed by atoms with Crippen molar-refractivity contribution in [2.75, 3.05) is 5.75 Å². The molecular weight excluding hydrogens is 192 g/mol. The summed E-state index contributed by atoms with van der Waals surface area (Å²) in [4.78, 5) is 1.40. The molecule has 0 radical (unpaired) electrons. The topological polar surface area (TPSA) is 20.2 Å². The highest BCUT2D eigenvalue weighted by Crippen LogP contribution is 2.48. The molecule has 1 N–H and O–H groups in total. The highest BCUT2D eigenvalue weighted by Gasteiger charge is 2.43. The number of hydrogen-bond donors (Lipinski definition) is 1. The smallest absolute Gasteiger partial charge is 0.0902 e. The van der Waals surface area contributed by atoms with E-state index in [0.29, 0.717) is 0 Å². The first-order valence-electron chi connectivity index (χ1n) is 5.27. The minimum atomic E-state index is -0.455. The molecule has 0 amide bonds. The fraction of sp³-hybridized carbons (Fsp3) is 0.500. The van der Waals surface area contributed by atoms with Crippen LogP contribution in [-0.4, -0.2) is 10.9 Å². The first-order chi connectivity index (χ1) is 6.80. The molecule has 3 rings (SSSR count). The number of hydrogen-bond acceptors (Lipinski definition) is 2. The van der Waals surface area contributed by atoms with E-state index in [1.165, 1.54) is 28.2 Å². The summed E-state index contributed by atoms with van der Waals surface area (Å²) in [5.41, 5.74) is 2.18. The second-order valence-electron chi connectivity index (χ2n) is 4.27. The second-order valence-corrected chi connectivity index (χ2v) is 5.40. The van der Waals surface area contributed by atoms with Crippen LogP contribution in [0.5, 0.6) is 0 Å². The summed E-state index contributed by atoms with van der Waals surface area (Å²) in [6.45, 7) is 0. The normalized spacial score (nSPS) is 22.9. The van der Waals surface area contributed by atoms with Crippen molar-refractivity contribution >= 4 is 11.8 Å². The molecule has 2 heteroatoms. The molecule has 74 valence electrons. The van der Waals surface area contributed by atoms with E-state index in [4.69, 9.17) is 0 Å². The van der Waals surface area contributed by atoms with Gasteiger partial charge in [0.25, 0.3) is 0 Å². The van der Waals surface area contributed by atoms with Crippen LogP contribution in [0.3, 0.4) is 0 Å². The zero-order chi connectivity index (χ0) is 9.60. The van der Waals surface area contributed by atoms with Crippen molar-refractivity contribution in [3.05, 3.63) is 29.3 Å². The van der Waals surface area contributed by atoms with Gasteiger partial charge in [0.05, 0.1) is 5.60 Å². The van der Waals surface area contributed by atoms with Crippen LogP contribution in [0, 0.1) is 0 Å². The van der Waals surface area contributed by atoms with Crippen LogP contribution >= 0.6 is 11.8 Å². The number of benzene rings is 1. The average Bonchev–Trinajstić information content (AvgIpc) is 2.97. The van der Waals surface area contributed by atoms with Crippen molar-refractivity contribution in [3.8, 4) is 0 Å². The molecule has 1 saturated carbocycles. The van der Waals surface area contributed by atoms with Gasteiger partial charge in [-0.05, 0) is 48.6 Å². The first-order valence-corrected chi connectivity index (χ1v) is 6.26. The zero-order valence-electron chi connectivity index (χ0n) is 8.12. The molecule has 0 bridgehead atoms. The Balaban J connectivity index is 2.11. The summed E-state index contributed by atoms with van der Waals surface area (Å²) in [5.74, 6) is 1.23. The van der Waals surface area contributed by atoms with Gasteiger partial charge in [-0.25, -0.2) is 0 Å². The Morgan fingerprint density at radius 1 is 1.29 bits per heavy atom. The number of fused-ring (bicyclic) bond motifs is 1. The van der Waals surface area contributed by atoms with Crippen molar-refractivity contribution < 1.29 is 5.11 Å². The van der Waals surface area contributed by atoms with Crippen molar-refractivity contribution in [3.63, 3.8) is 0 Å². The maximum Gasteiger partial charge on any atom is 0.0902 e. The molecule has 1 nitrogen and oxygen atoms in total. The van der Waals surface area contributed by atoms with Gasteiger partial charge in [-0.15, -0.1) is 11.8 Å². The summed E-state index contributed by atoms with van der Waals surface area (Å²) in [6, 6.07) is 6.38. The van der Waals surface area contributed by atoms with Crippen molar-refractivity contribution in [1.82, 2.24) is 0 Å². The van der Waals surface area contributed by atoms with E-state index >= 15 is 0 Å². The predicted molar refractivity (Wildman–Crippen MR) is 58.6 cm³/mol. The van der Waals surface area contributed by atoms with Crippen molar-refractivity contribution in [2.45, 2.75) is 36.2 Å². The van der Waals surface area contributed by atoms with Gasteiger partial charge >= 0.3 is 0 Å². The zero-order valence-corrected chi connectivity index (χ0v) is 8.94. The Bertz CT molecular complexity index is 369. The summed E-state index contributed by atoms with van der Waals surface area (Å²) in [6.07, 6.45) is 4.31. The molecule has 1 aliphatic carbocycles. The lowest BCUT2D eigenvalue weighted by atomic mass is 9.97. The standard InChI is InChI=1S/C12H14OS/c13-12(6-7-12)10-4-1-5-11-9(10)3-2-8-14-11/h1,4-5,13H,2-3,6-8H2. The summed E-state index contributed by atoms with van der Waals surface area (Å²) in [5, 5.41) is 10.1. The third-order valence-electron chi connectivity index (χ3n) is 3.19. The molecule has 1 aromatic carbocycles. The number of thioether (sulfide) groups is 1. The first kappa shape index (κ1) is 8.81. The lowest BCUT2D eigenvalue weighted by Gasteiger charge is -2.21. The summed E-state index contributed by atoms with van der Waals surface area (Å²) < 4.78 is 0. The molecule has 1 fully saturated rings. The largest absolute Gasteiger partial charge is 0.385 e. The highest BCUT2D eigenvalue weighted by molar-refractivity contribution is 7.99. The molecule has 0 aromatic heterocycles. The van der Waals surface area contributed by atoms with Crippen molar-refractivity contribution in [2.24, 2.45) is 0 Å². The van der Waals surface area contributed by atoms with Crippen LogP contribution < -0.4 is 0 Å². The Morgan fingerprint density at radius 3 is 2.93 bits per heavy atom. The molecule has 1 aromatic rings. The minimum absolute atomic E-state index is 0.455. The molecule has 2 aliphatic rings. The molecule has 14 heavy (non-hydrogen) atoms. The predicted octanol–water partition coefficient (Wildman–Crippen LogP) is 2.71. The maximum atomic E-state index is 10.1. The third kappa shape index (κ3) is 1.29. The maximum absolute atomic E-state index is 10.1. The summed E-state index contributed by atoms with van der Waals surface area (Å²) in [7, 11) is 0. The summed E-state index contributed by atoms with van der Waals surface area (Å²) >= 11 is 1.94. The molecule has 0 spiro atoms. The van der Waals surface area contributed by atoms with Crippen LogP contribution in [0.15, 0.2) is 23.1 Å². The second kappa shape index (κ2) is 3.01. The van der Waals surface area contributed by atoms with Crippen LogP contribution in [-0.2, 0) is 12.0 Å². The molecule has 0 unspecified atom stereocenters. The van der Waals surface area contributed by atoms with Crippen LogP contribution in [0.1, 0.15) is 30.4 Å². The van der Waals surface area contributed by atoms with Gasteiger partial charge in [-0.1, -0.05) is 12.1 Å². The van der Waals surface area contributed by atoms with E-state index in [2.05, 4.69) is 18.2 Å². The lowest BCUT2D eigenvalue weighted by molar-refractivity contribution is 0.150. The van der Waals surface area contributed by atoms with Crippen molar-refractivity contribution in [1.29, 1.82) is 0 Å². The van der Waals surface area contributed by atoms with Crippen LogP contribution in [0.4, 0.5) is 0 Å². The average molecular weight is 206 g/mol. The highest BCUT2D eigenvalue weighted by atomic mass is 32.2.